The van der Waals surface area contributed by atoms with E-state index in [1.54, 1.807) is 76.2 Å². The molecule has 2 aliphatic carbocycles. The summed E-state index contributed by atoms with van der Waals surface area (Å²) >= 11 is 0. The minimum absolute atomic E-state index is 0.0571. The molecular formula is C48H66N4O12. The molecule has 6 atom stereocenters. The molecule has 0 saturated heterocycles. The maximum absolute atomic E-state index is 14.1. The van der Waals surface area contributed by atoms with Crippen molar-refractivity contribution in [2.75, 3.05) is 27.3 Å². The lowest BCUT2D eigenvalue weighted by Gasteiger charge is -2.33. The van der Waals surface area contributed by atoms with Gasteiger partial charge in [-0.05, 0) is 73.6 Å². The fourth-order valence-electron chi connectivity index (χ4n) is 7.66. The second-order valence-electron chi connectivity index (χ2n) is 16.6. The topological polar surface area (TPSA) is 228 Å². The Morgan fingerprint density at radius 2 is 0.906 bits per heavy atom. The van der Waals surface area contributed by atoms with E-state index in [-0.39, 0.29) is 24.8 Å². The summed E-state index contributed by atoms with van der Waals surface area (Å²) in [6, 6.07) is 12.0. The summed E-state index contributed by atoms with van der Waals surface area (Å²) in [5.41, 5.74) is 4.28. The summed E-state index contributed by atoms with van der Waals surface area (Å²) in [5.74, 6) is -3.11. The molecular weight excluding hydrogens is 825 g/mol. The average Bonchev–Trinajstić information content (AvgIpc) is 3.28. The van der Waals surface area contributed by atoms with Crippen LogP contribution in [-0.4, -0.2) is 109 Å². The summed E-state index contributed by atoms with van der Waals surface area (Å²) in [6.07, 6.45) is -4.43. The SMILES string of the molecule is CCOC1=C(c2ccc(CO[C@@H](C(=O)N[C@H](C(=O)NC)C(C)C)[C@H](O)[C@@H](O)[C@@H](OCc3ccc(C4=C(OCC)C(=O)CCC4)cc3)C(=O)N[C@H](C(=O)NC)C(C)C)cc2)CCCC1=O. The first-order chi connectivity index (χ1) is 30.6. The van der Waals surface area contributed by atoms with Crippen molar-refractivity contribution < 1.29 is 57.9 Å². The minimum Gasteiger partial charge on any atom is -0.490 e. The number of benzene rings is 2. The maximum Gasteiger partial charge on any atom is 0.252 e. The molecule has 16 nitrogen and oxygen atoms in total. The van der Waals surface area contributed by atoms with Crippen LogP contribution >= 0.6 is 0 Å². The van der Waals surface area contributed by atoms with Crippen molar-refractivity contribution in [1.29, 1.82) is 0 Å². The Kier molecular flexibility index (Phi) is 19.7. The zero-order valence-electron chi connectivity index (χ0n) is 38.3. The molecule has 2 aromatic rings. The lowest BCUT2D eigenvalue weighted by Crippen LogP contribution is -2.60. The van der Waals surface area contributed by atoms with Gasteiger partial charge in [-0.15, -0.1) is 0 Å². The zero-order chi connectivity index (χ0) is 47.1. The van der Waals surface area contributed by atoms with Crippen LogP contribution < -0.4 is 21.3 Å². The van der Waals surface area contributed by atoms with Crippen molar-refractivity contribution >= 4 is 46.3 Å². The first-order valence-electron chi connectivity index (χ1n) is 22.2. The molecule has 0 spiro atoms. The van der Waals surface area contributed by atoms with E-state index >= 15 is 0 Å². The molecule has 2 aromatic carbocycles. The normalized spacial score (nSPS) is 17.3. The van der Waals surface area contributed by atoms with Gasteiger partial charge in [0, 0.05) is 38.1 Å². The second-order valence-corrected chi connectivity index (χ2v) is 16.6. The molecule has 2 aliphatic rings. The third-order valence-electron chi connectivity index (χ3n) is 11.2. The van der Waals surface area contributed by atoms with Gasteiger partial charge in [0.25, 0.3) is 11.8 Å². The molecule has 0 bridgehead atoms. The molecule has 0 radical (unpaired) electrons. The molecule has 16 heteroatoms. The Hall–Kier alpha value is -5.42. The first-order valence-corrected chi connectivity index (χ1v) is 22.2. The lowest BCUT2D eigenvalue weighted by molar-refractivity contribution is -0.171. The Bertz CT molecular complexity index is 1870. The van der Waals surface area contributed by atoms with Gasteiger partial charge in [0.1, 0.15) is 24.3 Å². The molecule has 64 heavy (non-hydrogen) atoms. The van der Waals surface area contributed by atoms with Gasteiger partial charge >= 0.3 is 0 Å². The highest BCUT2D eigenvalue weighted by Crippen LogP contribution is 2.33. The quantitative estimate of drug-likeness (QED) is 0.0941. The number of amides is 4. The van der Waals surface area contributed by atoms with Gasteiger partial charge in [-0.2, -0.15) is 0 Å². The number of ether oxygens (including phenoxy) is 4. The number of nitrogens with one attached hydrogen (secondary N) is 4. The number of hydrogen-bond donors (Lipinski definition) is 6. The van der Waals surface area contributed by atoms with Crippen molar-refractivity contribution in [2.45, 2.75) is 130 Å². The number of aliphatic hydroxyl groups excluding tert-OH is 2. The fourth-order valence-corrected chi connectivity index (χ4v) is 7.66. The highest BCUT2D eigenvalue weighted by atomic mass is 16.5. The molecule has 0 aliphatic heterocycles. The summed E-state index contributed by atoms with van der Waals surface area (Å²) < 4.78 is 23.5. The highest BCUT2D eigenvalue weighted by molar-refractivity contribution is 6.03. The zero-order valence-corrected chi connectivity index (χ0v) is 38.3. The average molecular weight is 891 g/mol. The van der Waals surface area contributed by atoms with E-state index in [0.717, 1.165) is 22.3 Å². The van der Waals surface area contributed by atoms with Crippen molar-refractivity contribution in [3.8, 4) is 0 Å². The van der Waals surface area contributed by atoms with E-state index in [1.807, 2.05) is 13.8 Å². The Morgan fingerprint density at radius 1 is 0.562 bits per heavy atom. The number of Topliss-reactive ketones (excluding diaryl/α,β-unsaturated/α-hetero) is 2. The predicted octanol–water partition coefficient (Wildman–Crippen LogP) is 3.65. The van der Waals surface area contributed by atoms with Crippen LogP contribution in [0.25, 0.3) is 11.1 Å². The number of carbonyl (C=O) groups excluding carboxylic acids is 6. The van der Waals surface area contributed by atoms with Crippen LogP contribution in [0.1, 0.15) is 102 Å². The molecule has 0 unspecified atom stereocenters. The van der Waals surface area contributed by atoms with Crippen LogP contribution in [0.5, 0.6) is 0 Å². The van der Waals surface area contributed by atoms with E-state index in [0.29, 0.717) is 74.4 Å². The summed E-state index contributed by atoms with van der Waals surface area (Å²) in [4.78, 5) is 79.1. The number of carbonyl (C=O) groups is 6. The molecule has 6 N–H and O–H groups in total. The number of ketones is 2. The monoisotopic (exact) mass is 890 g/mol. The molecule has 350 valence electrons. The Morgan fingerprint density at radius 3 is 1.20 bits per heavy atom. The van der Waals surface area contributed by atoms with E-state index in [4.69, 9.17) is 18.9 Å². The van der Waals surface area contributed by atoms with E-state index in [2.05, 4.69) is 21.3 Å². The van der Waals surface area contributed by atoms with Crippen molar-refractivity contribution in [2.24, 2.45) is 11.8 Å². The van der Waals surface area contributed by atoms with Crippen molar-refractivity contribution in [1.82, 2.24) is 21.3 Å². The summed E-state index contributed by atoms with van der Waals surface area (Å²) in [6.45, 7) is 10.7. The van der Waals surface area contributed by atoms with Crippen LogP contribution in [0.3, 0.4) is 0 Å². The van der Waals surface area contributed by atoms with Gasteiger partial charge in [0.05, 0.1) is 26.4 Å². The standard InChI is InChI=1S/C48H66N4O12/c1-9-61-41-33(13-11-15-35(41)53)31-21-17-29(18-22-31)25-63-43(47(59)51-37(27(3)4)45(57)49-7)39(55)40(56)44(48(60)52-38(28(5)6)46(58)50-8)64-26-30-19-23-32(24-20-30)34-14-12-16-36(54)42(34)62-10-2/h17-24,27-28,37-40,43-44,55-56H,9-16,25-26H2,1-8H3,(H,49,57)(H,50,58)(H,51,59)(H,52,60)/t37-,38-,39+,40+,43+,44+/m0/s1. The van der Waals surface area contributed by atoms with Gasteiger partial charge in [0.2, 0.25) is 11.8 Å². The molecule has 4 amide bonds. The molecule has 0 aromatic heterocycles. The molecule has 0 heterocycles. The lowest BCUT2D eigenvalue weighted by atomic mass is 9.91. The Balaban J connectivity index is 1.66. The number of allylic oxidation sites excluding steroid dienone is 4. The van der Waals surface area contributed by atoms with Gasteiger partial charge in [-0.1, -0.05) is 76.2 Å². The number of rotatable bonds is 23. The predicted molar refractivity (Wildman–Crippen MR) is 239 cm³/mol. The van der Waals surface area contributed by atoms with Gasteiger partial charge < -0.3 is 50.4 Å². The first kappa shape index (κ1) is 51.2. The minimum atomic E-state index is -2.12. The van der Waals surface area contributed by atoms with E-state index in [1.165, 1.54) is 14.1 Å². The van der Waals surface area contributed by atoms with Gasteiger partial charge in [-0.3, -0.25) is 28.8 Å². The van der Waals surface area contributed by atoms with Crippen molar-refractivity contribution in [3.63, 3.8) is 0 Å². The van der Waals surface area contributed by atoms with Gasteiger partial charge in [0.15, 0.2) is 35.3 Å². The number of likely N-dealkylation sites (N-methyl/N-ethyl adjacent to an activating group) is 2. The van der Waals surface area contributed by atoms with Crippen LogP contribution in [-0.2, 0) is 60.9 Å². The fraction of sp³-hybridized carbons (Fsp3) is 0.542. The van der Waals surface area contributed by atoms with E-state index < -0.39 is 72.0 Å². The van der Waals surface area contributed by atoms with Gasteiger partial charge in [-0.25, -0.2) is 0 Å². The van der Waals surface area contributed by atoms with Crippen LogP contribution in [0, 0.1) is 11.8 Å². The molecule has 0 saturated carbocycles. The molecule has 4 rings (SSSR count). The Labute approximate surface area is 375 Å². The third kappa shape index (κ3) is 13.3. The maximum atomic E-state index is 14.1. The van der Waals surface area contributed by atoms with Crippen LogP contribution in [0.15, 0.2) is 60.0 Å². The second kappa shape index (κ2) is 24.6. The number of hydrogen-bond acceptors (Lipinski definition) is 12. The van der Waals surface area contributed by atoms with Crippen LogP contribution in [0.4, 0.5) is 0 Å². The summed E-state index contributed by atoms with van der Waals surface area (Å²) in [5, 5.41) is 34.1. The van der Waals surface area contributed by atoms with Crippen molar-refractivity contribution in [3.05, 3.63) is 82.3 Å². The highest BCUT2D eigenvalue weighted by Gasteiger charge is 2.43. The summed E-state index contributed by atoms with van der Waals surface area (Å²) in [7, 11) is 2.83. The van der Waals surface area contributed by atoms with Crippen LogP contribution in [0.2, 0.25) is 0 Å². The van der Waals surface area contributed by atoms with E-state index in [9.17, 15) is 39.0 Å². The third-order valence-corrected chi connectivity index (χ3v) is 11.2. The smallest absolute Gasteiger partial charge is 0.252 e. The number of aliphatic hydroxyl groups is 2. The molecule has 0 fully saturated rings. The largest absolute Gasteiger partial charge is 0.490 e.